The molecule has 0 spiro atoms. The van der Waals surface area contributed by atoms with Crippen LogP contribution in [0.5, 0.6) is 0 Å². The van der Waals surface area contributed by atoms with Crippen molar-refractivity contribution in [2.45, 2.75) is 16.2 Å². The highest BCUT2D eigenvalue weighted by atomic mass is 32.2. The smallest absolute Gasteiger partial charge is 0.328 e. The van der Waals surface area contributed by atoms with E-state index in [1.54, 1.807) is 23.9 Å². The number of β-amino-alcohol motifs (C(OH)–C–C–N with tert-alkyl or cyclic N) is 1. The number of nitrogens with zero attached hydrogens (tertiary/aromatic N) is 4. The van der Waals surface area contributed by atoms with Crippen LogP contribution in [0.25, 0.3) is 0 Å². The Kier molecular flexibility index (Phi) is 10.4. The second kappa shape index (κ2) is 13.7. The van der Waals surface area contributed by atoms with Crippen molar-refractivity contribution in [2.75, 3.05) is 57.3 Å². The van der Waals surface area contributed by atoms with Crippen LogP contribution in [-0.4, -0.2) is 94.4 Å². The molecule has 0 aliphatic carbocycles. The van der Waals surface area contributed by atoms with Crippen molar-refractivity contribution in [1.29, 1.82) is 0 Å². The highest BCUT2D eigenvalue weighted by Crippen LogP contribution is 2.48. The number of benzene rings is 2. The van der Waals surface area contributed by atoms with E-state index >= 15 is 0 Å². The van der Waals surface area contributed by atoms with Crippen LogP contribution in [0.4, 0.5) is 17.1 Å². The molecule has 12 heteroatoms. The third-order valence-electron chi connectivity index (χ3n) is 5.93. The minimum absolute atomic E-state index is 0.133. The Morgan fingerprint density at radius 2 is 1.49 bits per heavy atom. The Morgan fingerprint density at radius 1 is 0.892 bits per heavy atom. The lowest BCUT2D eigenvalue weighted by atomic mass is 10.2. The molecule has 1 fully saturated rings. The summed E-state index contributed by atoms with van der Waals surface area (Å²) in [7, 11) is 0. The number of fused-ring (bicyclic) bond motifs is 2. The molecule has 2 aromatic carbocycles. The van der Waals surface area contributed by atoms with Crippen molar-refractivity contribution in [3.63, 3.8) is 0 Å². The summed E-state index contributed by atoms with van der Waals surface area (Å²) in [5, 5.41) is 36.0. The van der Waals surface area contributed by atoms with Gasteiger partial charge in [0, 0.05) is 73.3 Å². The number of rotatable bonds is 9. The van der Waals surface area contributed by atoms with E-state index in [4.69, 9.17) is 15.3 Å². The average molecular weight is 531 g/mol. The number of nitro benzene ring substituents is 1. The number of carboxylic acid groups (broad SMARTS) is 2. The Morgan fingerprint density at radius 3 is 2.08 bits per heavy atom. The summed E-state index contributed by atoms with van der Waals surface area (Å²) in [4.78, 5) is 39.3. The quantitative estimate of drug-likeness (QED) is 0.250. The van der Waals surface area contributed by atoms with Crippen LogP contribution in [0.3, 0.4) is 0 Å². The van der Waals surface area contributed by atoms with Crippen molar-refractivity contribution in [3.8, 4) is 0 Å². The van der Waals surface area contributed by atoms with E-state index < -0.39 is 11.9 Å². The standard InChI is InChI=1S/C21H26N4O3S.C4H4O4/c26-15-14-23-12-10-22(11-13-23)8-3-9-24-18-4-1-2-5-20(18)29-21-7-6-17(25(27)28)16-19(21)24;5-3(6)1-2-4(7)8/h1-2,4-7,16,26H,3,8-15H2;1-2H,(H,5,6)(H,7,8)/b;2-1+. The number of non-ortho nitro benzene ring substituents is 1. The second-order valence-electron chi connectivity index (χ2n) is 8.40. The van der Waals surface area contributed by atoms with Gasteiger partial charge in [0.15, 0.2) is 0 Å². The minimum atomic E-state index is -1.26. The Hall–Kier alpha value is -3.45. The van der Waals surface area contributed by atoms with Crippen molar-refractivity contribution in [1.82, 2.24) is 9.80 Å². The molecule has 0 bridgehead atoms. The van der Waals surface area contributed by atoms with Gasteiger partial charge < -0.3 is 25.1 Å². The maximum Gasteiger partial charge on any atom is 0.328 e. The van der Waals surface area contributed by atoms with Gasteiger partial charge in [0.05, 0.1) is 22.9 Å². The molecule has 3 N–H and O–H groups in total. The summed E-state index contributed by atoms with van der Waals surface area (Å²) in [5.41, 5.74) is 2.18. The molecule has 2 aromatic rings. The Balaban J connectivity index is 0.000000414. The highest BCUT2D eigenvalue weighted by Gasteiger charge is 2.25. The maximum absolute atomic E-state index is 11.3. The number of hydrogen-bond acceptors (Lipinski definition) is 9. The predicted molar refractivity (Wildman–Crippen MR) is 140 cm³/mol. The van der Waals surface area contributed by atoms with Crippen LogP contribution >= 0.6 is 11.8 Å². The number of hydrogen-bond donors (Lipinski definition) is 3. The number of piperazine rings is 1. The SMILES string of the molecule is O=C(O)/C=C/C(=O)O.O=[N+]([O-])c1ccc2c(c1)N(CCCN1CCN(CCO)CC1)c1ccccc1S2. The third-order valence-corrected chi connectivity index (χ3v) is 7.06. The molecule has 1 saturated heterocycles. The van der Waals surface area contributed by atoms with Crippen molar-refractivity contribution >= 4 is 40.8 Å². The number of anilines is 2. The van der Waals surface area contributed by atoms with E-state index in [1.165, 1.54) is 4.90 Å². The number of para-hydroxylation sites is 1. The van der Waals surface area contributed by atoms with Crippen LogP contribution < -0.4 is 4.90 Å². The molecule has 37 heavy (non-hydrogen) atoms. The van der Waals surface area contributed by atoms with E-state index in [0.717, 1.165) is 68.5 Å². The van der Waals surface area contributed by atoms with Gasteiger partial charge in [-0.1, -0.05) is 23.9 Å². The average Bonchev–Trinajstić information content (AvgIpc) is 2.88. The van der Waals surface area contributed by atoms with E-state index in [1.807, 2.05) is 18.2 Å². The van der Waals surface area contributed by atoms with Crippen LogP contribution in [0.1, 0.15) is 6.42 Å². The molecule has 198 valence electrons. The van der Waals surface area contributed by atoms with E-state index in [0.29, 0.717) is 12.2 Å². The highest BCUT2D eigenvalue weighted by molar-refractivity contribution is 7.99. The molecule has 0 saturated carbocycles. The molecule has 0 amide bonds. The molecule has 0 aromatic heterocycles. The lowest BCUT2D eigenvalue weighted by Crippen LogP contribution is -2.47. The van der Waals surface area contributed by atoms with Gasteiger partial charge in [-0.3, -0.25) is 15.0 Å². The number of aliphatic carboxylic acids is 2. The number of nitro groups is 1. The largest absolute Gasteiger partial charge is 0.478 e. The summed E-state index contributed by atoms with van der Waals surface area (Å²) in [6.07, 6.45) is 2.10. The van der Waals surface area contributed by atoms with Crippen LogP contribution in [0, 0.1) is 10.1 Å². The first kappa shape index (κ1) is 28.1. The molecule has 0 unspecified atom stereocenters. The van der Waals surface area contributed by atoms with Gasteiger partial charge >= 0.3 is 11.9 Å². The molecule has 0 atom stereocenters. The molecular formula is C25H30N4O7S. The van der Waals surface area contributed by atoms with Gasteiger partial charge in [-0.15, -0.1) is 0 Å². The van der Waals surface area contributed by atoms with Crippen LogP contribution in [0.15, 0.2) is 64.4 Å². The molecule has 2 aliphatic rings. The first-order valence-electron chi connectivity index (χ1n) is 11.8. The fourth-order valence-corrected chi connectivity index (χ4v) is 5.22. The molecule has 11 nitrogen and oxygen atoms in total. The molecule has 2 aliphatic heterocycles. The summed E-state index contributed by atoms with van der Waals surface area (Å²) in [6, 6.07) is 13.4. The molecule has 2 heterocycles. The summed E-state index contributed by atoms with van der Waals surface area (Å²) in [6.45, 7) is 6.84. The topological polar surface area (TPSA) is 148 Å². The zero-order chi connectivity index (χ0) is 26.8. The lowest BCUT2D eigenvalue weighted by molar-refractivity contribution is -0.384. The van der Waals surface area contributed by atoms with E-state index in [-0.39, 0.29) is 17.2 Å². The van der Waals surface area contributed by atoms with E-state index in [9.17, 15) is 19.7 Å². The number of aliphatic hydroxyl groups excluding tert-OH is 1. The normalized spacial score (nSPS) is 15.4. The van der Waals surface area contributed by atoms with E-state index in [2.05, 4.69) is 26.8 Å². The first-order chi connectivity index (χ1) is 17.8. The van der Waals surface area contributed by atoms with Gasteiger partial charge in [0.2, 0.25) is 0 Å². The minimum Gasteiger partial charge on any atom is -0.478 e. The maximum atomic E-state index is 11.3. The molecule has 4 rings (SSSR count). The van der Waals surface area contributed by atoms with Crippen molar-refractivity contribution in [3.05, 3.63) is 64.7 Å². The Bertz CT molecular complexity index is 1120. The molecule has 0 radical (unpaired) electrons. The van der Waals surface area contributed by atoms with Crippen molar-refractivity contribution in [2.24, 2.45) is 0 Å². The predicted octanol–water partition coefficient (Wildman–Crippen LogP) is 2.91. The Labute approximate surface area is 218 Å². The van der Waals surface area contributed by atoms with Gasteiger partial charge in [-0.2, -0.15) is 0 Å². The fraction of sp³-hybridized carbons (Fsp3) is 0.360. The number of carbonyl (C=O) groups is 2. The zero-order valence-electron chi connectivity index (χ0n) is 20.2. The third kappa shape index (κ3) is 8.29. The lowest BCUT2D eigenvalue weighted by Gasteiger charge is -2.36. The van der Waals surface area contributed by atoms with Gasteiger partial charge in [-0.25, -0.2) is 9.59 Å². The molecular weight excluding hydrogens is 500 g/mol. The summed E-state index contributed by atoms with van der Waals surface area (Å²) < 4.78 is 0. The monoisotopic (exact) mass is 530 g/mol. The summed E-state index contributed by atoms with van der Waals surface area (Å²) >= 11 is 1.67. The second-order valence-corrected chi connectivity index (χ2v) is 9.48. The summed E-state index contributed by atoms with van der Waals surface area (Å²) in [5.74, 6) is -2.51. The van der Waals surface area contributed by atoms with Gasteiger partial charge in [0.25, 0.3) is 5.69 Å². The van der Waals surface area contributed by atoms with Gasteiger partial charge in [0.1, 0.15) is 0 Å². The van der Waals surface area contributed by atoms with Crippen LogP contribution in [0.2, 0.25) is 0 Å². The first-order valence-corrected chi connectivity index (χ1v) is 12.6. The zero-order valence-corrected chi connectivity index (χ0v) is 21.0. The number of carboxylic acids is 2. The number of aliphatic hydroxyl groups is 1. The van der Waals surface area contributed by atoms with Crippen molar-refractivity contribution < 1.29 is 29.8 Å². The van der Waals surface area contributed by atoms with Crippen LogP contribution in [-0.2, 0) is 9.59 Å². The van der Waals surface area contributed by atoms with Gasteiger partial charge in [-0.05, 0) is 31.2 Å². The fourth-order valence-electron chi connectivity index (χ4n) is 4.15.